The summed E-state index contributed by atoms with van der Waals surface area (Å²) in [7, 11) is -2.45. The van der Waals surface area contributed by atoms with E-state index in [0.29, 0.717) is 28.3 Å². The third-order valence-electron chi connectivity index (χ3n) is 6.08. The summed E-state index contributed by atoms with van der Waals surface area (Å²) in [4.78, 5) is 15.6. The molecule has 1 aliphatic heterocycles. The van der Waals surface area contributed by atoms with Crippen LogP contribution in [-0.2, 0) is 10.0 Å². The van der Waals surface area contributed by atoms with Gasteiger partial charge in [-0.1, -0.05) is 60.2 Å². The van der Waals surface area contributed by atoms with Crippen LogP contribution in [-0.4, -0.2) is 21.4 Å². The molecule has 1 heterocycles. The van der Waals surface area contributed by atoms with Crippen molar-refractivity contribution in [1.29, 1.82) is 0 Å². The molecule has 7 heteroatoms. The van der Waals surface area contributed by atoms with Gasteiger partial charge in [0.2, 0.25) is 0 Å². The first kappa shape index (κ1) is 22.7. The zero-order chi connectivity index (χ0) is 24.6. The molecule has 0 bridgehead atoms. The van der Waals surface area contributed by atoms with Crippen LogP contribution in [0, 0.1) is 6.92 Å². The van der Waals surface area contributed by atoms with Gasteiger partial charge in [0.15, 0.2) is 6.17 Å². The smallest absolute Gasteiger partial charge is 0.266 e. The number of hydrogen-bond acceptors (Lipinski definition) is 4. The highest BCUT2D eigenvalue weighted by atomic mass is 32.2. The van der Waals surface area contributed by atoms with Gasteiger partial charge in [0.1, 0.15) is 5.75 Å². The van der Waals surface area contributed by atoms with Crippen LogP contribution in [0.2, 0.25) is 0 Å². The molecular formula is C28H24N2O4S. The number of methoxy groups -OCH3 is 1. The molecule has 176 valence electrons. The van der Waals surface area contributed by atoms with Crippen LogP contribution in [0.3, 0.4) is 0 Å². The summed E-state index contributed by atoms with van der Waals surface area (Å²) in [5.41, 5.74) is 3.03. The third-order valence-corrected chi connectivity index (χ3v) is 7.86. The maximum absolute atomic E-state index is 14.1. The lowest BCUT2D eigenvalue weighted by Gasteiger charge is -2.31. The highest BCUT2D eigenvalue weighted by Crippen LogP contribution is 2.49. The molecule has 0 aliphatic carbocycles. The Morgan fingerprint density at radius 2 is 1.37 bits per heavy atom. The average Bonchev–Trinajstić information content (AvgIpc) is 3.25. The van der Waals surface area contributed by atoms with Crippen molar-refractivity contribution in [2.75, 3.05) is 16.3 Å². The van der Waals surface area contributed by atoms with Crippen molar-refractivity contribution in [1.82, 2.24) is 0 Å². The van der Waals surface area contributed by atoms with Gasteiger partial charge in [-0.15, -0.1) is 0 Å². The average molecular weight is 485 g/mol. The molecule has 0 fully saturated rings. The van der Waals surface area contributed by atoms with Gasteiger partial charge in [0, 0.05) is 5.56 Å². The van der Waals surface area contributed by atoms with Gasteiger partial charge in [-0.05, 0) is 61.0 Å². The zero-order valence-corrected chi connectivity index (χ0v) is 20.1. The normalized spacial score (nSPS) is 15.1. The molecule has 4 aromatic rings. The quantitative estimate of drug-likeness (QED) is 0.372. The number of carbonyl (C=O) groups excluding carboxylic acids is 1. The first-order valence-corrected chi connectivity index (χ1v) is 12.6. The fraction of sp³-hybridized carbons (Fsp3) is 0.107. The lowest BCUT2D eigenvalue weighted by atomic mass is 10.1. The van der Waals surface area contributed by atoms with Gasteiger partial charge in [0.05, 0.1) is 23.4 Å². The van der Waals surface area contributed by atoms with Gasteiger partial charge in [-0.2, -0.15) is 0 Å². The Morgan fingerprint density at radius 3 is 2.00 bits per heavy atom. The van der Waals surface area contributed by atoms with Crippen LogP contribution in [0.5, 0.6) is 5.75 Å². The molecule has 6 nitrogen and oxygen atoms in total. The fourth-order valence-corrected chi connectivity index (χ4v) is 5.91. The highest BCUT2D eigenvalue weighted by molar-refractivity contribution is 7.92. The minimum atomic E-state index is -4.02. The van der Waals surface area contributed by atoms with E-state index in [9.17, 15) is 13.2 Å². The van der Waals surface area contributed by atoms with Crippen LogP contribution in [0.1, 0.15) is 27.7 Å². The van der Waals surface area contributed by atoms with Crippen LogP contribution in [0.15, 0.2) is 108 Å². The number of para-hydroxylation sites is 2. The number of amides is 1. The molecule has 1 aliphatic rings. The molecule has 4 aromatic carbocycles. The van der Waals surface area contributed by atoms with E-state index in [0.717, 1.165) is 5.56 Å². The second-order valence-corrected chi connectivity index (χ2v) is 10.1. The molecular weight excluding hydrogens is 460 g/mol. The first-order valence-electron chi connectivity index (χ1n) is 11.1. The van der Waals surface area contributed by atoms with Gasteiger partial charge < -0.3 is 4.74 Å². The number of rotatable bonds is 5. The van der Waals surface area contributed by atoms with E-state index in [1.807, 2.05) is 13.0 Å². The minimum absolute atomic E-state index is 0.158. The highest BCUT2D eigenvalue weighted by Gasteiger charge is 2.46. The van der Waals surface area contributed by atoms with E-state index in [1.165, 1.54) is 4.31 Å². The Morgan fingerprint density at radius 1 is 0.771 bits per heavy atom. The topological polar surface area (TPSA) is 66.9 Å². The van der Waals surface area contributed by atoms with Crippen molar-refractivity contribution in [3.63, 3.8) is 0 Å². The number of aryl methyl sites for hydroxylation is 1. The zero-order valence-electron chi connectivity index (χ0n) is 19.3. The van der Waals surface area contributed by atoms with Crippen LogP contribution < -0.4 is 13.9 Å². The summed E-state index contributed by atoms with van der Waals surface area (Å²) in [6.07, 6.45) is -0.919. The number of ether oxygens (including phenoxy) is 1. The third kappa shape index (κ3) is 3.94. The van der Waals surface area contributed by atoms with Gasteiger partial charge in [0.25, 0.3) is 15.9 Å². The first-order chi connectivity index (χ1) is 16.9. The number of benzene rings is 4. The Bertz CT molecular complexity index is 1470. The Kier molecular flexibility index (Phi) is 5.78. The lowest BCUT2D eigenvalue weighted by Crippen LogP contribution is -2.42. The van der Waals surface area contributed by atoms with Crippen molar-refractivity contribution in [2.45, 2.75) is 18.0 Å². The number of fused-ring (bicyclic) bond motifs is 1. The number of anilines is 2. The summed E-state index contributed by atoms with van der Waals surface area (Å²) >= 11 is 0. The lowest BCUT2D eigenvalue weighted by molar-refractivity contribution is 0.0980. The maximum Gasteiger partial charge on any atom is 0.266 e. The number of sulfonamides is 1. The summed E-state index contributed by atoms with van der Waals surface area (Å²) < 4.78 is 34.8. The molecule has 1 amide bonds. The van der Waals surface area contributed by atoms with E-state index in [1.54, 1.807) is 109 Å². The van der Waals surface area contributed by atoms with E-state index >= 15 is 0 Å². The second-order valence-electron chi connectivity index (χ2n) is 8.29. The molecule has 1 atom stereocenters. The molecule has 0 aromatic heterocycles. The second kappa shape index (κ2) is 8.92. The molecule has 0 N–H and O–H groups in total. The standard InChI is InChI=1S/C28H24N2O4S/c1-20-12-18-24(19-13-20)35(32,33)30-26-11-7-6-10-25(26)29(28(31)22-8-4-3-5-9-22)27(30)21-14-16-23(34-2)17-15-21/h3-19,27H,1-2H3/t27-/m1/s1. The van der Waals surface area contributed by atoms with E-state index < -0.39 is 16.2 Å². The number of carbonyl (C=O) groups is 1. The van der Waals surface area contributed by atoms with Gasteiger partial charge in [-0.3, -0.25) is 9.69 Å². The SMILES string of the molecule is COc1ccc([C@@H]2N(C(=O)c3ccccc3)c3ccccc3N2S(=O)(=O)c2ccc(C)cc2)cc1. The summed E-state index contributed by atoms with van der Waals surface area (Å²) in [5, 5.41) is 0. The molecule has 0 radical (unpaired) electrons. The number of hydrogen-bond donors (Lipinski definition) is 0. The monoisotopic (exact) mass is 484 g/mol. The Labute approximate surface area is 205 Å². The van der Waals surface area contributed by atoms with Crippen LogP contribution in [0.4, 0.5) is 11.4 Å². The van der Waals surface area contributed by atoms with Gasteiger partial charge >= 0.3 is 0 Å². The van der Waals surface area contributed by atoms with Crippen molar-refractivity contribution in [2.24, 2.45) is 0 Å². The molecule has 0 saturated carbocycles. The van der Waals surface area contributed by atoms with Crippen LogP contribution >= 0.6 is 0 Å². The molecule has 5 rings (SSSR count). The largest absolute Gasteiger partial charge is 0.497 e. The van der Waals surface area contributed by atoms with Gasteiger partial charge in [-0.25, -0.2) is 12.7 Å². The molecule has 0 unspecified atom stereocenters. The Balaban J connectivity index is 1.74. The molecule has 0 spiro atoms. The van der Waals surface area contributed by atoms with E-state index in [-0.39, 0.29) is 10.8 Å². The molecule has 35 heavy (non-hydrogen) atoms. The van der Waals surface area contributed by atoms with E-state index in [2.05, 4.69) is 0 Å². The Hall–Kier alpha value is -4.10. The fourth-order valence-electron chi connectivity index (χ4n) is 4.31. The summed E-state index contributed by atoms with van der Waals surface area (Å²) in [5.74, 6) is 0.346. The molecule has 0 saturated heterocycles. The van der Waals surface area contributed by atoms with Crippen molar-refractivity contribution < 1.29 is 17.9 Å². The summed E-state index contributed by atoms with van der Waals surface area (Å²) in [6.45, 7) is 1.90. The minimum Gasteiger partial charge on any atom is -0.497 e. The van der Waals surface area contributed by atoms with E-state index in [4.69, 9.17) is 4.74 Å². The number of nitrogens with zero attached hydrogens (tertiary/aromatic N) is 2. The summed E-state index contributed by atoms with van der Waals surface area (Å²) in [6, 6.07) is 29.8. The van der Waals surface area contributed by atoms with Crippen molar-refractivity contribution in [3.05, 3.63) is 120 Å². The predicted octanol–water partition coefficient (Wildman–Crippen LogP) is 5.56. The van der Waals surface area contributed by atoms with Crippen molar-refractivity contribution in [3.8, 4) is 5.75 Å². The predicted molar refractivity (Wildman–Crippen MR) is 136 cm³/mol. The van der Waals surface area contributed by atoms with Crippen molar-refractivity contribution >= 4 is 27.3 Å². The maximum atomic E-state index is 14.1. The van der Waals surface area contributed by atoms with Crippen LogP contribution in [0.25, 0.3) is 0 Å².